The van der Waals surface area contributed by atoms with Gasteiger partial charge in [-0.05, 0) is 24.6 Å². The average Bonchev–Trinajstić information content (AvgIpc) is 2.23. The predicted octanol–water partition coefficient (Wildman–Crippen LogP) is 6.27. The first-order chi connectivity index (χ1) is 8.53. The van der Waals surface area contributed by atoms with E-state index in [0.717, 1.165) is 6.42 Å². The molecule has 0 aliphatic carbocycles. The summed E-state index contributed by atoms with van der Waals surface area (Å²) in [6, 6.07) is 0. The summed E-state index contributed by atoms with van der Waals surface area (Å²) in [6.07, 6.45) is 6.00. The van der Waals surface area contributed by atoms with Crippen LogP contribution in [0, 0.1) is 19.3 Å². The Morgan fingerprint density at radius 1 is 1.20 bits per heavy atom. The van der Waals surface area contributed by atoms with Crippen LogP contribution in [0.25, 0.3) is 0 Å². The summed E-state index contributed by atoms with van der Waals surface area (Å²) in [5, 5.41) is 0.298. The van der Waals surface area contributed by atoms with E-state index in [1.54, 1.807) is 0 Å². The molecule has 0 rings (SSSR count). The first-order valence-corrected chi connectivity index (χ1v) is 10.7. The largest absolute Gasteiger partial charge is 2.00 e. The zero-order valence-corrected chi connectivity index (χ0v) is 19.6. The molecule has 0 aromatic carbocycles. The maximum Gasteiger partial charge on any atom is 2.00 e. The number of hydrogen-bond acceptors (Lipinski definition) is 1. The smallest absolute Gasteiger partial charge is 0.416 e. The van der Waals surface area contributed by atoms with E-state index in [9.17, 15) is 0 Å². The third kappa shape index (κ3) is 11.5. The summed E-state index contributed by atoms with van der Waals surface area (Å²) in [5.74, 6) is 0.390. The van der Waals surface area contributed by atoms with Gasteiger partial charge < -0.3 is 17.8 Å². The fraction of sp³-hybridized carbons (Fsp3) is 0.882. The summed E-state index contributed by atoms with van der Waals surface area (Å²) < 4.78 is 6.44. The Labute approximate surface area is 143 Å². The van der Waals surface area contributed by atoms with Crippen molar-refractivity contribution >= 4 is 8.32 Å². The van der Waals surface area contributed by atoms with Crippen molar-refractivity contribution in [1.29, 1.82) is 0 Å². The van der Waals surface area contributed by atoms with Crippen molar-refractivity contribution < 1.29 is 23.9 Å². The zero-order chi connectivity index (χ0) is 15.7. The molecule has 0 saturated carbocycles. The summed E-state index contributed by atoms with van der Waals surface area (Å²) in [6.45, 7) is 24.1. The van der Waals surface area contributed by atoms with Gasteiger partial charge >= 0.3 is 19.5 Å². The molecular weight excluding hydrogens is 314 g/mol. The van der Waals surface area contributed by atoms with E-state index in [0.29, 0.717) is 17.1 Å². The summed E-state index contributed by atoms with van der Waals surface area (Å²) in [5.41, 5.74) is 0. The van der Waals surface area contributed by atoms with Crippen LogP contribution in [0.2, 0.25) is 18.1 Å². The van der Waals surface area contributed by atoms with Gasteiger partial charge in [-0.1, -0.05) is 47.5 Å². The minimum Gasteiger partial charge on any atom is -0.416 e. The Kier molecular flexibility index (Phi) is 15.9. The first-order valence-electron chi connectivity index (χ1n) is 7.78. The van der Waals surface area contributed by atoms with E-state index < -0.39 is 8.32 Å². The van der Waals surface area contributed by atoms with Gasteiger partial charge in [0.1, 0.15) is 0 Å². The van der Waals surface area contributed by atoms with E-state index in [4.69, 9.17) is 4.43 Å². The van der Waals surface area contributed by atoms with Gasteiger partial charge in [-0.2, -0.15) is 13.8 Å². The van der Waals surface area contributed by atoms with Gasteiger partial charge in [0.15, 0.2) is 8.32 Å². The summed E-state index contributed by atoms with van der Waals surface area (Å²) in [7, 11) is -1.62. The van der Waals surface area contributed by atoms with Gasteiger partial charge in [0.25, 0.3) is 0 Å². The number of rotatable bonds is 6. The van der Waals surface area contributed by atoms with Crippen molar-refractivity contribution in [3.63, 3.8) is 0 Å². The molecule has 0 spiro atoms. The average molecular weight is 352 g/mol. The molecule has 0 radical (unpaired) electrons. The molecule has 1 nitrogen and oxygen atoms in total. The van der Waals surface area contributed by atoms with Crippen LogP contribution in [0.4, 0.5) is 0 Å². The quantitative estimate of drug-likeness (QED) is 0.405. The standard InChI is InChI=1S/C14H31OSi.C3H7.Zn/c1-9-10-11-13(12(2)3)15-16(7,8)14(4,5)6;1-3-2;/h12-13H,2,9-11H2,1,3-8H3;3H,1-2H3;/q2*-1;+2/t12-,13-;;/m0../s1. The fourth-order valence-corrected chi connectivity index (χ4v) is 2.88. The topological polar surface area (TPSA) is 9.23 Å². The molecular formula is C17H38OSiZn. The first kappa shape index (κ1) is 25.7. The molecule has 0 unspecified atom stereocenters. The van der Waals surface area contributed by atoms with Crippen LogP contribution in [-0.2, 0) is 23.9 Å². The molecule has 20 heavy (non-hydrogen) atoms. The third-order valence-corrected chi connectivity index (χ3v) is 8.23. The molecule has 0 aromatic heterocycles. The van der Waals surface area contributed by atoms with Crippen LogP contribution in [0.1, 0.15) is 67.7 Å². The van der Waals surface area contributed by atoms with Gasteiger partial charge in [0.05, 0.1) is 0 Å². The molecule has 0 fully saturated rings. The normalized spacial score (nSPS) is 14.7. The SMILES string of the molecule is C[CH-]C.[CH2-][C@@H](C)[C@H](CCCC)O[Si](C)(C)C(C)(C)C.[Zn+2]. The van der Waals surface area contributed by atoms with E-state index in [2.05, 4.69) is 54.6 Å². The molecule has 0 saturated heterocycles. The minimum absolute atomic E-state index is 0. The van der Waals surface area contributed by atoms with Crippen LogP contribution in [0.15, 0.2) is 0 Å². The third-order valence-electron chi connectivity index (χ3n) is 3.73. The van der Waals surface area contributed by atoms with Gasteiger partial charge in [0, 0.05) is 6.10 Å². The minimum atomic E-state index is -1.62. The van der Waals surface area contributed by atoms with Crippen molar-refractivity contribution in [2.24, 2.45) is 5.92 Å². The van der Waals surface area contributed by atoms with E-state index in [-0.39, 0.29) is 19.5 Å². The molecule has 0 aliphatic heterocycles. The molecule has 0 N–H and O–H groups in total. The molecule has 0 aromatic rings. The van der Waals surface area contributed by atoms with Crippen LogP contribution >= 0.6 is 0 Å². The summed E-state index contributed by atoms with van der Waals surface area (Å²) in [4.78, 5) is 0. The van der Waals surface area contributed by atoms with Crippen LogP contribution in [0.3, 0.4) is 0 Å². The van der Waals surface area contributed by atoms with Gasteiger partial charge in [0.2, 0.25) is 0 Å². The van der Waals surface area contributed by atoms with Crippen molar-refractivity contribution in [3.05, 3.63) is 13.3 Å². The van der Waals surface area contributed by atoms with Crippen LogP contribution in [0.5, 0.6) is 0 Å². The molecule has 2 atom stereocenters. The molecule has 118 valence electrons. The molecule has 0 bridgehead atoms. The van der Waals surface area contributed by atoms with E-state index in [1.807, 2.05) is 20.3 Å². The number of unbranched alkanes of at least 4 members (excludes halogenated alkanes) is 1. The Morgan fingerprint density at radius 3 is 1.85 bits per heavy atom. The van der Waals surface area contributed by atoms with Crippen molar-refractivity contribution in [1.82, 2.24) is 0 Å². The monoisotopic (exact) mass is 350 g/mol. The Morgan fingerprint density at radius 2 is 1.60 bits per heavy atom. The van der Waals surface area contributed by atoms with Crippen molar-refractivity contribution in [3.8, 4) is 0 Å². The summed E-state index contributed by atoms with van der Waals surface area (Å²) >= 11 is 0. The Bertz CT molecular complexity index is 210. The van der Waals surface area contributed by atoms with Crippen LogP contribution in [-0.4, -0.2) is 14.4 Å². The van der Waals surface area contributed by atoms with Gasteiger partial charge in [-0.3, -0.25) is 0 Å². The molecule has 0 aliphatic rings. The molecule has 3 heteroatoms. The maximum absolute atomic E-state index is 6.44. The van der Waals surface area contributed by atoms with E-state index in [1.165, 1.54) is 12.8 Å². The van der Waals surface area contributed by atoms with Crippen LogP contribution < -0.4 is 0 Å². The second-order valence-corrected chi connectivity index (χ2v) is 11.9. The van der Waals surface area contributed by atoms with E-state index >= 15 is 0 Å². The fourth-order valence-electron chi connectivity index (χ4n) is 1.42. The second kappa shape index (κ2) is 12.4. The predicted molar refractivity (Wildman–Crippen MR) is 91.8 cm³/mol. The zero-order valence-electron chi connectivity index (χ0n) is 15.7. The van der Waals surface area contributed by atoms with Gasteiger partial charge in [-0.15, -0.1) is 5.92 Å². The maximum atomic E-state index is 6.44. The van der Waals surface area contributed by atoms with Gasteiger partial charge in [-0.25, -0.2) is 0 Å². The Hall–Kier alpha value is 0.800. The number of hydrogen-bond donors (Lipinski definition) is 0. The van der Waals surface area contributed by atoms with Crippen molar-refractivity contribution in [2.75, 3.05) is 0 Å². The van der Waals surface area contributed by atoms with Crippen molar-refractivity contribution in [2.45, 2.75) is 92.0 Å². The Balaban J connectivity index is -0.000000657. The second-order valence-electron chi connectivity index (χ2n) is 7.11. The molecule has 0 heterocycles. The molecule has 0 amide bonds.